The number of rotatable bonds is 4. The van der Waals surface area contributed by atoms with Crippen molar-refractivity contribution in [3.8, 4) is 5.75 Å². The number of nitrogens with zero attached hydrogens (tertiary/aromatic N) is 1. The molecule has 21 heavy (non-hydrogen) atoms. The number of anilines is 1. The lowest BCUT2D eigenvalue weighted by atomic mass is 10.2. The van der Waals surface area contributed by atoms with E-state index in [0.717, 1.165) is 11.3 Å². The fourth-order valence-electron chi connectivity index (χ4n) is 1.85. The van der Waals surface area contributed by atoms with Crippen molar-refractivity contribution in [2.24, 2.45) is 0 Å². The molecule has 0 aliphatic rings. The van der Waals surface area contributed by atoms with E-state index in [1.807, 2.05) is 24.3 Å². The van der Waals surface area contributed by atoms with E-state index < -0.39 is 0 Å². The SMILES string of the molecule is COc1ccc(NC(=O)N(C)Cc2ccccc2Cl)cc1. The average Bonchev–Trinajstić information content (AvgIpc) is 2.50. The number of ether oxygens (including phenoxy) is 1. The van der Waals surface area contributed by atoms with Crippen LogP contribution in [-0.4, -0.2) is 25.1 Å². The third-order valence-electron chi connectivity index (χ3n) is 3.05. The normalized spacial score (nSPS) is 10.0. The first-order chi connectivity index (χ1) is 10.1. The maximum absolute atomic E-state index is 12.1. The van der Waals surface area contributed by atoms with Crippen molar-refractivity contribution in [1.29, 1.82) is 0 Å². The van der Waals surface area contributed by atoms with Crippen LogP contribution in [-0.2, 0) is 6.54 Å². The van der Waals surface area contributed by atoms with Crippen LogP contribution in [0.3, 0.4) is 0 Å². The number of carbonyl (C=O) groups is 1. The Labute approximate surface area is 129 Å². The molecule has 0 atom stereocenters. The summed E-state index contributed by atoms with van der Waals surface area (Å²) in [4.78, 5) is 13.7. The minimum Gasteiger partial charge on any atom is -0.497 e. The first-order valence-corrected chi connectivity index (χ1v) is 6.87. The zero-order valence-electron chi connectivity index (χ0n) is 12.0. The van der Waals surface area contributed by atoms with Gasteiger partial charge in [0.15, 0.2) is 0 Å². The highest BCUT2D eigenvalue weighted by Gasteiger charge is 2.11. The Morgan fingerprint density at radius 3 is 2.48 bits per heavy atom. The molecule has 0 spiro atoms. The molecule has 0 heterocycles. The first kappa shape index (κ1) is 15.2. The van der Waals surface area contributed by atoms with Crippen LogP contribution in [0, 0.1) is 0 Å². The lowest BCUT2D eigenvalue weighted by Crippen LogP contribution is -2.30. The van der Waals surface area contributed by atoms with Gasteiger partial charge >= 0.3 is 6.03 Å². The van der Waals surface area contributed by atoms with Gasteiger partial charge in [-0.2, -0.15) is 0 Å². The van der Waals surface area contributed by atoms with Crippen LogP contribution in [0.1, 0.15) is 5.56 Å². The molecule has 0 radical (unpaired) electrons. The van der Waals surface area contributed by atoms with Crippen molar-refractivity contribution in [2.45, 2.75) is 6.54 Å². The number of benzene rings is 2. The molecule has 2 aromatic carbocycles. The quantitative estimate of drug-likeness (QED) is 0.927. The van der Waals surface area contributed by atoms with Crippen LogP contribution in [0.5, 0.6) is 5.75 Å². The standard InChI is InChI=1S/C16H17ClN2O2/c1-19(11-12-5-3-4-6-15(12)17)16(20)18-13-7-9-14(21-2)10-8-13/h3-10H,11H2,1-2H3,(H,18,20). The van der Waals surface area contributed by atoms with E-state index in [-0.39, 0.29) is 6.03 Å². The summed E-state index contributed by atoms with van der Waals surface area (Å²) in [7, 11) is 3.33. The Bertz CT molecular complexity index is 614. The fraction of sp³-hybridized carbons (Fsp3) is 0.188. The first-order valence-electron chi connectivity index (χ1n) is 6.49. The Hall–Kier alpha value is -2.20. The number of amides is 2. The molecule has 2 rings (SSSR count). The minimum atomic E-state index is -0.194. The Morgan fingerprint density at radius 1 is 1.19 bits per heavy atom. The molecule has 5 heteroatoms. The average molecular weight is 305 g/mol. The van der Waals surface area contributed by atoms with E-state index in [1.54, 1.807) is 43.3 Å². The van der Waals surface area contributed by atoms with E-state index in [0.29, 0.717) is 17.3 Å². The van der Waals surface area contributed by atoms with Crippen LogP contribution >= 0.6 is 11.6 Å². The van der Waals surface area contributed by atoms with Crippen LogP contribution in [0.4, 0.5) is 10.5 Å². The van der Waals surface area contributed by atoms with Crippen molar-refractivity contribution >= 4 is 23.3 Å². The van der Waals surface area contributed by atoms with E-state index in [1.165, 1.54) is 0 Å². The van der Waals surface area contributed by atoms with Gasteiger partial charge in [-0.15, -0.1) is 0 Å². The molecular weight excluding hydrogens is 288 g/mol. The maximum Gasteiger partial charge on any atom is 0.321 e. The number of methoxy groups -OCH3 is 1. The molecule has 0 aromatic heterocycles. The van der Waals surface area contributed by atoms with Crippen molar-refractivity contribution in [3.63, 3.8) is 0 Å². The van der Waals surface area contributed by atoms with Gasteiger partial charge < -0.3 is 15.0 Å². The summed E-state index contributed by atoms with van der Waals surface area (Å²) < 4.78 is 5.08. The van der Waals surface area contributed by atoms with Gasteiger partial charge in [0, 0.05) is 24.3 Å². The largest absolute Gasteiger partial charge is 0.497 e. The van der Waals surface area contributed by atoms with Gasteiger partial charge in [-0.05, 0) is 35.9 Å². The molecule has 0 fully saturated rings. The molecule has 1 N–H and O–H groups in total. The highest BCUT2D eigenvalue weighted by atomic mass is 35.5. The van der Waals surface area contributed by atoms with E-state index >= 15 is 0 Å². The molecule has 110 valence electrons. The monoisotopic (exact) mass is 304 g/mol. The van der Waals surface area contributed by atoms with E-state index in [2.05, 4.69) is 5.32 Å². The summed E-state index contributed by atoms with van der Waals surface area (Å²) in [6.07, 6.45) is 0. The third kappa shape index (κ3) is 4.13. The molecule has 0 saturated carbocycles. The number of carbonyl (C=O) groups excluding carboxylic acids is 1. The molecule has 0 saturated heterocycles. The zero-order chi connectivity index (χ0) is 15.2. The third-order valence-corrected chi connectivity index (χ3v) is 3.42. The molecule has 2 aromatic rings. The predicted molar refractivity (Wildman–Crippen MR) is 84.9 cm³/mol. The summed E-state index contributed by atoms with van der Waals surface area (Å²) in [5.41, 5.74) is 1.62. The molecular formula is C16H17ClN2O2. The lowest BCUT2D eigenvalue weighted by Gasteiger charge is -2.18. The zero-order valence-corrected chi connectivity index (χ0v) is 12.7. The van der Waals surface area contributed by atoms with E-state index in [9.17, 15) is 4.79 Å². The Balaban J connectivity index is 1.97. The molecule has 4 nitrogen and oxygen atoms in total. The highest BCUT2D eigenvalue weighted by Crippen LogP contribution is 2.18. The molecule has 0 bridgehead atoms. The topological polar surface area (TPSA) is 41.6 Å². The lowest BCUT2D eigenvalue weighted by molar-refractivity contribution is 0.220. The van der Waals surface area contributed by atoms with Gasteiger partial charge in [0.05, 0.1) is 7.11 Å². The smallest absolute Gasteiger partial charge is 0.321 e. The number of halogens is 1. The second kappa shape index (κ2) is 6.99. The summed E-state index contributed by atoms with van der Waals surface area (Å²) in [6.45, 7) is 0.446. The number of hydrogen-bond donors (Lipinski definition) is 1. The Kier molecular flexibility index (Phi) is 5.06. The van der Waals surface area contributed by atoms with Gasteiger partial charge in [0.1, 0.15) is 5.75 Å². The van der Waals surface area contributed by atoms with E-state index in [4.69, 9.17) is 16.3 Å². The summed E-state index contributed by atoms with van der Waals surface area (Å²) in [5, 5.41) is 3.48. The van der Waals surface area contributed by atoms with Crippen molar-refractivity contribution in [2.75, 3.05) is 19.5 Å². The molecule has 0 aliphatic carbocycles. The van der Waals surface area contributed by atoms with Crippen LogP contribution in [0.25, 0.3) is 0 Å². The van der Waals surface area contributed by atoms with Gasteiger partial charge in [-0.3, -0.25) is 0 Å². The molecule has 2 amide bonds. The highest BCUT2D eigenvalue weighted by molar-refractivity contribution is 6.31. The minimum absolute atomic E-state index is 0.194. The number of nitrogens with one attached hydrogen (secondary N) is 1. The van der Waals surface area contributed by atoms with Gasteiger partial charge in [0.2, 0.25) is 0 Å². The number of hydrogen-bond acceptors (Lipinski definition) is 2. The van der Waals surface area contributed by atoms with Crippen LogP contribution in [0.2, 0.25) is 5.02 Å². The van der Waals surface area contributed by atoms with Gasteiger partial charge in [-0.25, -0.2) is 4.79 Å². The van der Waals surface area contributed by atoms with Gasteiger partial charge in [0.25, 0.3) is 0 Å². The second-order valence-corrected chi connectivity index (χ2v) is 5.01. The second-order valence-electron chi connectivity index (χ2n) is 4.61. The van der Waals surface area contributed by atoms with Crippen LogP contribution < -0.4 is 10.1 Å². The van der Waals surface area contributed by atoms with Crippen molar-refractivity contribution in [3.05, 3.63) is 59.1 Å². The number of urea groups is 1. The summed E-state index contributed by atoms with van der Waals surface area (Å²) >= 11 is 6.09. The molecule has 0 aliphatic heterocycles. The summed E-state index contributed by atoms with van der Waals surface area (Å²) in [6, 6.07) is 14.5. The fourth-order valence-corrected chi connectivity index (χ4v) is 2.04. The Morgan fingerprint density at radius 2 is 1.86 bits per heavy atom. The maximum atomic E-state index is 12.1. The van der Waals surface area contributed by atoms with Crippen molar-refractivity contribution in [1.82, 2.24) is 4.90 Å². The van der Waals surface area contributed by atoms with Gasteiger partial charge in [-0.1, -0.05) is 29.8 Å². The van der Waals surface area contributed by atoms with Crippen LogP contribution in [0.15, 0.2) is 48.5 Å². The van der Waals surface area contributed by atoms with Crippen molar-refractivity contribution < 1.29 is 9.53 Å². The molecule has 0 unspecified atom stereocenters. The predicted octanol–water partition coefficient (Wildman–Crippen LogP) is 4.01. The summed E-state index contributed by atoms with van der Waals surface area (Å²) in [5.74, 6) is 0.748.